The second-order valence-electron chi connectivity index (χ2n) is 4.08. The second-order valence-corrected chi connectivity index (χ2v) is 4.42. The third-order valence-electron chi connectivity index (χ3n) is 2.84. The van der Waals surface area contributed by atoms with E-state index < -0.39 is 0 Å². The van der Waals surface area contributed by atoms with Crippen molar-refractivity contribution in [2.75, 3.05) is 0 Å². The predicted molar refractivity (Wildman–Crippen MR) is 68.9 cm³/mol. The van der Waals surface area contributed by atoms with Crippen LogP contribution in [0, 0.1) is 0 Å². The van der Waals surface area contributed by atoms with E-state index in [1.165, 1.54) is 25.7 Å². The molecule has 1 aromatic carbocycles. The molecule has 1 heterocycles. The van der Waals surface area contributed by atoms with Gasteiger partial charge in [-0.3, -0.25) is 0 Å². The van der Waals surface area contributed by atoms with Crippen LogP contribution in [0.15, 0.2) is 24.3 Å². The fraction of sp³-hybridized carbons (Fsp3) is 0.462. The van der Waals surface area contributed by atoms with Crippen molar-refractivity contribution in [2.24, 2.45) is 0 Å². The van der Waals surface area contributed by atoms with E-state index in [4.69, 9.17) is 11.6 Å². The van der Waals surface area contributed by atoms with Crippen LogP contribution in [-0.2, 0) is 6.54 Å². The van der Waals surface area contributed by atoms with Crippen LogP contribution in [0.5, 0.6) is 0 Å². The quantitative estimate of drug-likeness (QED) is 0.709. The zero-order valence-electron chi connectivity index (χ0n) is 9.62. The van der Waals surface area contributed by atoms with Crippen molar-refractivity contribution in [3.63, 3.8) is 0 Å². The van der Waals surface area contributed by atoms with E-state index in [1.807, 2.05) is 18.2 Å². The normalized spacial score (nSPS) is 11.1. The summed E-state index contributed by atoms with van der Waals surface area (Å²) < 4.78 is 2.10. The molecule has 0 spiro atoms. The average Bonchev–Trinajstić information content (AvgIpc) is 2.61. The summed E-state index contributed by atoms with van der Waals surface area (Å²) >= 11 is 6.13. The van der Waals surface area contributed by atoms with Gasteiger partial charge in [-0.25, -0.2) is 4.98 Å². The molecule has 2 nitrogen and oxygen atoms in total. The highest BCUT2D eigenvalue weighted by atomic mass is 35.5. The van der Waals surface area contributed by atoms with E-state index >= 15 is 0 Å². The van der Waals surface area contributed by atoms with Crippen LogP contribution in [0.25, 0.3) is 11.0 Å². The Labute approximate surface area is 101 Å². The van der Waals surface area contributed by atoms with Gasteiger partial charge in [-0.05, 0) is 30.2 Å². The third-order valence-corrected chi connectivity index (χ3v) is 3.13. The number of aryl methyl sites for hydroxylation is 1. The summed E-state index contributed by atoms with van der Waals surface area (Å²) in [5, 5.41) is 0.609. The topological polar surface area (TPSA) is 17.8 Å². The third kappa shape index (κ3) is 2.38. The van der Waals surface area contributed by atoms with Crippen LogP contribution < -0.4 is 0 Å². The second kappa shape index (κ2) is 5.35. The molecule has 3 heteroatoms. The van der Waals surface area contributed by atoms with Crippen LogP contribution in [0.4, 0.5) is 0 Å². The molecule has 16 heavy (non-hydrogen) atoms. The van der Waals surface area contributed by atoms with Crippen molar-refractivity contribution >= 4 is 22.6 Å². The largest absolute Gasteiger partial charge is 0.315 e. The van der Waals surface area contributed by atoms with Gasteiger partial charge in [0.05, 0.1) is 11.0 Å². The number of rotatable bonds is 5. The van der Waals surface area contributed by atoms with Crippen molar-refractivity contribution in [3.05, 3.63) is 29.5 Å². The number of fused-ring (bicyclic) bond motifs is 1. The van der Waals surface area contributed by atoms with Gasteiger partial charge in [-0.2, -0.15) is 0 Å². The maximum Gasteiger partial charge on any atom is 0.203 e. The van der Waals surface area contributed by atoms with E-state index in [2.05, 4.69) is 22.5 Å². The van der Waals surface area contributed by atoms with E-state index in [0.29, 0.717) is 5.28 Å². The SMILES string of the molecule is CCCCCCn1c(Cl)nc2ccccc21. The van der Waals surface area contributed by atoms with E-state index in [1.54, 1.807) is 0 Å². The van der Waals surface area contributed by atoms with Crippen molar-refractivity contribution in [1.82, 2.24) is 9.55 Å². The first kappa shape index (κ1) is 11.5. The Hall–Kier alpha value is -1.02. The first-order valence-corrected chi connectivity index (χ1v) is 6.31. The highest BCUT2D eigenvalue weighted by Gasteiger charge is 2.06. The molecule has 0 unspecified atom stereocenters. The molecule has 0 aliphatic heterocycles. The van der Waals surface area contributed by atoms with Gasteiger partial charge in [0.2, 0.25) is 5.28 Å². The highest BCUT2D eigenvalue weighted by molar-refractivity contribution is 6.29. The Bertz CT molecular complexity index is 462. The zero-order chi connectivity index (χ0) is 11.4. The number of hydrogen-bond donors (Lipinski definition) is 0. The monoisotopic (exact) mass is 236 g/mol. The minimum atomic E-state index is 0.609. The maximum atomic E-state index is 6.13. The number of aromatic nitrogens is 2. The van der Waals surface area contributed by atoms with Crippen molar-refractivity contribution in [2.45, 2.75) is 39.2 Å². The molecule has 0 fully saturated rings. The highest BCUT2D eigenvalue weighted by Crippen LogP contribution is 2.20. The molecule has 2 rings (SSSR count). The van der Waals surface area contributed by atoms with Crippen LogP contribution in [0.3, 0.4) is 0 Å². The number of para-hydroxylation sites is 2. The smallest absolute Gasteiger partial charge is 0.203 e. The number of nitrogens with zero attached hydrogens (tertiary/aromatic N) is 2. The lowest BCUT2D eigenvalue weighted by Gasteiger charge is -2.04. The molecule has 0 aliphatic carbocycles. The van der Waals surface area contributed by atoms with Crippen LogP contribution >= 0.6 is 11.6 Å². The van der Waals surface area contributed by atoms with Crippen molar-refractivity contribution in [1.29, 1.82) is 0 Å². The Balaban J connectivity index is 2.13. The van der Waals surface area contributed by atoms with Gasteiger partial charge in [0, 0.05) is 6.54 Å². The molecular formula is C13H17ClN2. The first-order valence-electron chi connectivity index (χ1n) is 5.93. The molecular weight excluding hydrogens is 220 g/mol. The minimum absolute atomic E-state index is 0.609. The lowest BCUT2D eigenvalue weighted by Crippen LogP contribution is -1.97. The van der Waals surface area contributed by atoms with Crippen LogP contribution in [-0.4, -0.2) is 9.55 Å². The Morgan fingerprint density at radius 3 is 2.81 bits per heavy atom. The fourth-order valence-electron chi connectivity index (χ4n) is 1.96. The molecule has 0 bridgehead atoms. The fourth-order valence-corrected chi connectivity index (χ4v) is 2.22. The zero-order valence-corrected chi connectivity index (χ0v) is 10.4. The van der Waals surface area contributed by atoms with E-state index in [9.17, 15) is 0 Å². The predicted octanol–water partition coefficient (Wildman–Crippen LogP) is 4.27. The molecule has 0 saturated heterocycles. The summed E-state index contributed by atoms with van der Waals surface area (Å²) in [5.41, 5.74) is 2.13. The molecule has 0 N–H and O–H groups in total. The Morgan fingerprint density at radius 2 is 2.00 bits per heavy atom. The van der Waals surface area contributed by atoms with Gasteiger partial charge in [-0.1, -0.05) is 38.3 Å². The lowest BCUT2D eigenvalue weighted by molar-refractivity contribution is 0.591. The number of benzene rings is 1. The van der Waals surface area contributed by atoms with Gasteiger partial charge in [-0.15, -0.1) is 0 Å². The van der Waals surface area contributed by atoms with Gasteiger partial charge < -0.3 is 4.57 Å². The Kier molecular flexibility index (Phi) is 3.83. The average molecular weight is 237 g/mol. The molecule has 0 amide bonds. The van der Waals surface area contributed by atoms with Gasteiger partial charge in [0.1, 0.15) is 0 Å². The summed E-state index contributed by atoms with van der Waals surface area (Å²) in [5.74, 6) is 0. The van der Waals surface area contributed by atoms with Gasteiger partial charge in [0.15, 0.2) is 0 Å². The molecule has 0 radical (unpaired) electrons. The molecule has 86 valence electrons. The molecule has 2 aromatic rings. The number of hydrogen-bond acceptors (Lipinski definition) is 1. The van der Waals surface area contributed by atoms with Gasteiger partial charge in [0.25, 0.3) is 0 Å². The summed E-state index contributed by atoms with van der Waals surface area (Å²) in [6, 6.07) is 8.10. The number of unbranched alkanes of at least 4 members (excludes halogenated alkanes) is 3. The summed E-state index contributed by atoms with van der Waals surface area (Å²) in [7, 11) is 0. The minimum Gasteiger partial charge on any atom is -0.315 e. The molecule has 0 saturated carbocycles. The lowest BCUT2D eigenvalue weighted by atomic mass is 10.2. The summed E-state index contributed by atoms with van der Waals surface area (Å²) in [4.78, 5) is 4.34. The van der Waals surface area contributed by atoms with Crippen molar-refractivity contribution < 1.29 is 0 Å². The van der Waals surface area contributed by atoms with Gasteiger partial charge >= 0.3 is 0 Å². The number of imidazole rings is 1. The van der Waals surface area contributed by atoms with Crippen molar-refractivity contribution in [3.8, 4) is 0 Å². The van der Waals surface area contributed by atoms with E-state index in [0.717, 1.165) is 17.6 Å². The maximum absolute atomic E-state index is 6.13. The first-order chi connectivity index (χ1) is 7.83. The molecule has 1 aromatic heterocycles. The molecule has 0 atom stereocenters. The summed E-state index contributed by atoms with van der Waals surface area (Å²) in [6.45, 7) is 3.19. The van der Waals surface area contributed by atoms with E-state index in [-0.39, 0.29) is 0 Å². The standard InChI is InChI=1S/C13H17ClN2/c1-2-3-4-7-10-16-12-9-6-5-8-11(12)15-13(16)14/h5-6,8-9H,2-4,7,10H2,1H3. The van der Waals surface area contributed by atoms with Crippen LogP contribution in [0.2, 0.25) is 5.28 Å². The molecule has 0 aliphatic rings. The number of halogens is 1. The van der Waals surface area contributed by atoms with Crippen LogP contribution in [0.1, 0.15) is 32.6 Å². The summed E-state index contributed by atoms with van der Waals surface area (Å²) in [6.07, 6.45) is 5.00. The Morgan fingerprint density at radius 1 is 1.19 bits per heavy atom.